The van der Waals surface area contributed by atoms with E-state index in [9.17, 15) is 5.26 Å². The summed E-state index contributed by atoms with van der Waals surface area (Å²) in [6, 6.07) is 21.2. The van der Waals surface area contributed by atoms with E-state index in [0.29, 0.717) is 17.1 Å². The molecule has 4 nitrogen and oxygen atoms in total. The predicted octanol–water partition coefficient (Wildman–Crippen LogP) is 4.69. The lowest BCUT2D eigenvalue weighted by atomic mass is 10.2. The van der Waals surface area contributed by atoms with Gasteiger partial charge in [-0.25, -0.2) is 0 Å². The molecule has 0 saturated heterocycles. The molecule has 0 fully saturated rings. The number of hydrogen-bond acceptors (Lipinski definition) is 3. The van der Waals surface area contributed by atoms with Gasteiger partial charge in [-0.2, -0.15) is 5.26 Å². The summed E-state index contributed by atoms with van der Waals surface area (Å²) in [5.74, 6) is 1.23. The summed E-state index contributed by atoms with van der Waals surface area (Å²) in [5, 5.41) is 10.5. The van der Waals surface area contributed by atoms with Crippen LogP contribution in [0.4, 0.5) is 0 Å². The molecule has 0 amide bonds. The Labute approximate surface area is 139 Å². The lowest BCUT2D eigenvalue weighted by Crippen LogP contribution is -1.95. The SMILES string of the molecule is N#Cc1ccc(-n2ccc3ccncc32)cc1Oc1ccccc1. The van der Waals surface area contributed by atoms with E-state index in [4.69, 9.17) is 4.74 Å². The van der Waals surface area contributed by atoms with Gasteiger partial charge in [-0.15, -0.1) is 0 Å². The third-order valence-corrected chi connectivity index (χ3v) is 3.83. The molecular weight excluding hydrogens is 298 g/mol. The summed E-state index contributed by atoms with van der Waals surface area (Å²) in [7, 11) is 0. The molecule has 0 atom stereocenters. The van der Waals surface area contributed by atoms with Crippen molar-refractivity contribution in [2.45, 2.75) is 0 Å². The van der Waals surface area contributed by atoms with Gasteiger partial charge in [0.15, 0.2) is 0 Å². The van der Waals surface area contributed by atoms with Crippen molar-refractivity contribution in [1.29, 1.82) is 5.26 Å². The highest BCUT2D eigenvalue weighted by Crippen LogP contribution is 2.29. The molecule has 0 unspecified atom stereocenters. The van der Waals surface area contributed by atoms with Crippen LogP contribution in [-0.2, 0) is 0 Å². The Morgan fingerprint density at radius 1 is 1.00 bits per heavy atom. The molecule has 24 heavy (non-hydrogen) atoms. The largest absolute Gasteiger partial charge is 0.456 e. The van der Waals surface area contributed by atoms with Crippen LogP contribution in [0.3, 0.4) is 0 Å². The van der Waals surface area contributed by atoms with Crippen LogP contribution in [0, 0.1) is 11.3 Å². The van der Waals surface area contributed by atoms with Crippen LogP contribution < -0.4 is 4.74 Å². The van der Waals surface area contributed by atoms with E-state index in [1.165, 1.54) is 0 Å². The Kier molecular flexibility index (Phi) is 3.45. The molecule has 4 aromatic rings. The van der Waals surface area contributed by atoms with Crippen LogP contribution in [0.25, 0.3) is 16.6 Å². The first kappa shape index (κ1) is 14.0. The molecule has 0 aliphatic rings. The average molecular weight is 311 g/mol. The van der Waals surface area contributed by atoms with E-state index in [0.717, 1.165) is 16.6 Å². The number of pyridine rings is 1. The van der Waals surface area contributed by atoms with Gasteiger partial charge in [-0.3, -0.25) is 4.98 Å². The topological polar surface area (TPSA) is 50.8 Å². The number of rotatable bonds is 3. The zero-order valence-corrected chi connectivity index (χ0v) is 12.8. The fourth-order valence-electron chi connectivity index (χ4n) is 2.65. The minimum absolute atomic E-state index is 0.497. The van der Waals surface area contributed by atoms with Gasteiger partial charge in [0.05, 0.1) is 17.3 Å². The van der Waals surface area contributed by atoms with Crippen LogP contribution >= 0.6 is 0 Å². The van der Waals surface area contributed by atoms with Crippen molar-refractivity contribution in [3.8, 4) is 23.3 Å². The summed E-state index contributed by atoms with van der Waals surface area (Å²) in [4.78, 5) is 4.19. The standard InChI is InChI=1S/C20H13N3O/c21-13-16-6-7-17(12-20(16)24-18-4-2-1-3-5-18)23-11-9-15-8-10-22-14-19(15)23/h1-12,14H. The fraction of sp³-hybridized carbons (Fsp3) is 0. The Hall–Kier alpha value is -3.58. The number of ether oxygens (including phenoxy) is 1. The summed E-state index contributed by atoms with van der Waals surface area (Å²) in [6.45, 7) is 0. The van der Waals surface area contributed by atoms with Crippen LogP contribution in [0.2, 0.25) is 0 Å². The van der Waals surface area contributed by atoms with Gasteiger partial charge in [0, 0.05) is 29.5 Å². The fourth-order valence-corrected chi connectivity index (χ4v) is 2.65. The van der Waals surface area contributed by atoms with Crippen molar-refractivity contribution in [2.24, 2.45) is 0 Å². The van der Waals surface area contributed by atoms with Gasteiger partial charge in [-0.1, -0.05) is 18.2 Å². The Morgan fingerprint density at radius 3 is 2.71 bits per heavy atom. The lowest BCUT2D eigenvalue weighted by molar-refractivity contribution is 0.481. The van der Waals surface area contributed by atoms with Gasteiger partial charge in [0.2, 0.25) is 0 Å². The van der Waals surface area contributed by atoms with E-state index in [1.54, 1.807) is 12.3 Å². The van der Waals surface area contributed by atoms with Crippen LogP contribution in [0.15, 0.2) is 79.3 Å². The number of nitriles is 1. The van der Waals surface area contributed by atoms with E-state index in [-0.39, 0.29) is 0 Å². The van der Waals surface area contributed by atoms with Crippen molar-refractivity contribution in [2.75, 3.05) is 0 Å². The second kappa shape index (κ2) is 5.90. The highest BCUT2D eigenvalue weighted by atomic mass is 16.5. The van der Waals surface area contributed by atoms with Gasteiger partial charge < -0.3 is 9.30 Å². The summed E-state index contributed by atoms with van der Waals surface area (Å²) < 4.78 is 7.93. The highest BCUT2D eigenvalue weighted by molar-refractivity contribution is 5.81. The normalized spacial score (nSPS) is 10.5. The smallest absolute Gasteiger partial charge is 0.147 e. The molecule has 114 valence electrons. The highest BCUT2D eigenvalue weighted by Gasteiger charge is 2.09. The third kappa shape index (κ3) is 2.49. The number of para-hydroxylation sites is 1. The van der Waals surface area contributed by atoms with Crippen molar-refractivity contribution in [3.05, 3.63) is 84.8 Å². The number of nitrogens with zero attached hydrogens (tertiary/aromatic N) is 3. The quantitative estimate of drug-likeness (QED) is 0.551. The maximum atomic E-state index is 9.34. The Bertz CT molecular complexity index is 1050. The zero-order valence-electron chi connectivity index (χ0n) is 12.8. The van der Waals surface area contributed by atoms with E-state index < -0.39 is 0 Å². The van der Waals surface area contributed by atoms with Crippen molar-refractivity contribution in [3.63, 3.8) is 0 Å². The Morgan fingerprint density at radius 2 is 1.88 bits per heavy atom. The molecule has 0 aliphatic heterocycles. The number of hydrogen-bond donors (Lipinski definition) is 0. The molecule has 4 rings (SSSR count). The van der Waals surface area contributed by atoms with Gasteiger partial charge >= 0.3 is 0 Å². The summed E-state index contributed by atoms with van der Waals surface area (Å²) >= 11 is 0. The molecule has 0 aliphatic carbocycles. The molecule has 0 N–H and O–H groups in total. The second-order valence-corrected chi connectivity index (χ2v) is 5.33. The van der Waals surface area contributed by atoms with E-state index in [1.807, 2.05) is 71.6 Å². The van der Waals surface area contributed by atoms with E-state index >= 15 is 0 Å². The van der Waals surface area contributed by atoms with Crippen molar-refractivity contribution < 1.29 is 4.74 Å². The maximum absolute atomic E-state index is 9.34. The first-order valence-electron chi connectivity index (χ1n) is 7.54. The first-order chi connectivity index (χ1) is 11.8. The number of fused-ring (bicyclic) bond motifs is 1. The monoisotopic (exact) mass is 311 g/mol. The molecule has 0 spiro atoms. The van der Waals surface area contributed by atoms with E-state index in [2.05, 4.69) is 11.1 Å². The molecule has 0 saturated carbocycles. The molecule has 4 heteroatoms. The minimum atomic E-state index is 0.497. The van der Waals surface area contributed by atoms with Crippen LogP contribution in [0.5, 0.6) is 11.5 Å². The number of benzene rings is 2. The molecule has 2 aromatic heterocycles. The molecule has 0 bridgehead atoms. The Balaban J connectivity index is 1.81. The molecular formula is C20H13N3O. The second-order valence-electron chi connectivity index (χ2n) is 5.33. The van der Waals surface area contributed by atoms with Gasteiger partial charge in [0.1, 0.15) is 17.6 Å². The number of aromatic nitrogens is 2. The van der Waals surface area contributed by atoms with Crippen molar-refractivity contribution in [1.82, 2.24) is 9.55 Å². The first-order valence-corrected chi connectivity index (χ1v) is 7.54. The molecule has 2 aromatic carbocycles. The third-order valence-electron chi connectivity index (χ3n) is 3.83. The average Bonchev–Trinajstić information content (AvgIpc) is 3.07. The maximum Gasteiger partial charge on any atom is 0.147 e. The van der Waals surface area contributed by atoms with Crippen LogP contribution in [-0.4, -0.2) is 9.55 Å². The summed E-state index contributed by atoms with van der Waals surface area (Å²) in [6.07, 6.45) is 5.58. The van der Waals surface area contributed by atoms with Crippen LogP contribution in [0.1, 0.15) is 5.56 Å². The van der Waals surface area contributed by atoms with Crippen molar-refractivity contribution >= 4 is 10.9 Å². The van der Waals surface area contributed by atoms with Gasteiger partial charge in [0.25, 0.3) is 0 Å². The summed E-state index contributed by atoms with van der Waals surface area (Å²) in [5.41, 5.74) is 2.42. The lowest BCUT2D eigenvalue weighted by Gasteiger charge is -2.11. The minimum Gasteiger partial charge on any atom is -0.456 e. The molecule has 0 radical (unpaired) electrons. The zero-order chi connectivity index (χ0) is 16.4. The molecule has 2 heterocycles. The van der Waals surface area contributed by atoms with Gasteiger partial charge in [-0.05, 0) is 36.4 Å². The predicted molar refractivity (Wildman–Crippen MR) is 92.3 cm³/mol.